The highest BCUT2D eigenvalue weighted by Gasteiger charge is 2.30. The number of aliphatic hydroxyl groups is 1. The third-order valence-electron chi connectivity index (χ3n) is 1.78. The Balaban J connectivity index is 2.84. The predicted octanol–water partition coefficient (Wildman–Crippen LogP) is 2.81. The molecule has 0 amide bonds. The number of halogens is 3. The minimum Gasteiger partial charge on any atom is -0.465 e. The second kappa shape index (κ2) is 4.53. The van der Waals surface area contributed by atoms with E-state index in [1.807, 2.05) is 0 Å². The maximum Gasteiger partial charge on any atom is 0.416 e. The second-order valence-corrected chi connectivity index (χ2v) is 3.01. The Hall–Kier alpha value is -1.23. The number of hydrogen-bond donors (Lipinski definition) is 1. The van der Waals surface area contributed by atoms with Crippen LogP contribution < -0.4 is 4.74 Å². The zero-order valence-electron chi connectivity index (χ0n) is 8.08. The Morgan fingerprint density at radius 2 is 2.07 bits per heavy atom. The molecule has 84 valence electrons. The molecule has 1 N–H and O–H groups in total. The van der Waals surface area contributed by atoms with Gasteiger partial charge in [0.05, 0.1) is 5.56 Å². The average molecular weight is 220 g/mol. The Labute approximate surface area is 85.3 Å². The van der Waals surface area contributed by atoms with E-state index in [2.05, 4.69) is 0 Å². The van der Waals surface area contributed by atoms with Crippen molar-refractivity contribution < 1.29 is 23.0 Å². The number of ether oxygens (including phenoxy) is 1. The van der Waals surface area contributed by atoms with Crippen LogP contribution in [-0.4, -0.2) is 11.4 Å². The lowest BCUT2D eigenvalue weighted by Crippen LogP contribution is -2.14. The van der Waals surface area contributed by atoms with Crippen LogP contribution in [0, 0.1) is 0 Å². The van der Waals surface area contributed by atoms with E-state index in [0.717, 1.165) is 12.1 Å². The summed E-state index contributed by atoms with van der Waals surface area (Å²) in [6.45, 7) is 1.66. The highest BCUT2D eigenvalue weighted by molar-refractivity contribution is 5.30. The standard InChI is InChI=1S/C10H11F3O2/c1-2-9(14)15-8-5-3-4-7(6-8)10(11,12)13/h3-6,9,14H,2H2,1H3/t9-/m0/s1. The van der Waals surface area contributed by atoms with Crippen LogP contribution in [0.2, 0.25) is 0 Å². The lowest BCUT2D eigenvalue weighted by atomic mass is 10.2. The molecular weight excluding hydrogens is 209 g/mol. The van der Waals surface area contributed by atoms with Crippen molar-refractivity contribution >= 4 is 0 Å². The van der Waals surface area contributed by atoms with Gasteiger partial charge in [-0.3, -0.25) is 0 Å². The summed E-state index contributed by atoms with van der Waals surface area (Å²) in [5.41, 5.74) is -0.789. The van der Waals surface area contributed by atoms with Crippen molar-refractivity contribution in [1.29, 1.82) is 0 Å². The first-order valence-electron chi connectivity index (χ1n) is 4.45. The Morgan fingerprint density at radius 3 is 2.60 bits per heavy atom. The molecule has 0 spiro atoms. The average Bonchev–Trinajstić information content (AvgIpc) is 2.17. The maximum atomic E-state index is 12.3. The number of benzene rings is 1. The summed E-state index contributed by atoms with van der Waals surface area (Å²) in [5.74, 6) is 0.0131. The maximum absolute atomic E-state index is 12.3. The molecule has 0 heterocycles. The summed E-state index contributed by atoms with van der Waals surface area (Å²) in [6, 6.07) is 4.42. The topological polar surface area (TPSA) is 29.5 Å². The summed E-state index contributed by atoms with van der Waals surface area (Å²) in [6.07, 6.45) is -5.15. The van der Waals surface area contributed by atoms with Gasteiger partial charge in [0.1, 0.15) is 5.75 Å². The molecule has 0 saturated heterocycles. The number of rotatable bonds is 3. The van der Waals surface area contributed by atoms with Crippen LogP contribution in [0.5, 0.6) is 5.75 Å². The number of hydrogen-bond acceptors (Lipinski definition) is 2. The van der Waals surface area contributed by atoms with Crippen LogP contribution >= 0.6 is 0 Å². The fourth-order valence-corrected chi connectivity index (χ4v) is 0.986. The zero-order chi connectivity index (χ0) is 11.5. The van der Waals surface area contributed by atoms with Gasteiger partial charge in [-0.15, -0.1) is 0 Å². The summed E-state index contributed by atoms with van der Waals surface area (Å²) in [5, 5.41) is 9.10. The molecule has 1 aromatic rings. The van der Waals surface area contributed by atoms with Gasteiger partial charge in [0.25, 0.3) is 0 Å². The summed E-state index contributed by atoms with van der Waals surface area (Å²) in [4.78, 5) is 0. The second-order valence-electron chi connectivity index (χ2n) is 3.01. The van der Waals surface area contributed by atoms with E-state index < -0.39 is 18.0 Å². The van der Waals surface area contributed by atoms with E-state index >= 15 is 0 Å². The Bertz CT molecular complexity index is 323. The molecule has 0 aliphatic rings. The van der Waals surface area contributed by atoms with Gasteiger partial charge >= 0.3 is 6.18 Å². The van der Waals surface area contributed by atoms with Crippen molar-refractivity contribution in [3.05, 3.63) is 29.8 Å². The van der Waals surface area contributed by atoms with E-state index in [-0.39, 0.29) is 5.75 Å². The predicted molar refractivity (Wildman–Crippen MR) is 48.4 cm³/mol. The fourth-order valence-electron chi connectivity index (χ4n) is 0.986. The highest BCUT2D eigenvalue weighted by atomic mass is 19.4. The van der Waals surface area contributed by atoms with Gasteiger partial charge in [-0.25, -0.2) is 0 Å². The van der Waals surface area contributed by atoms with Crippen LogP contribution in [0.3, 0.4) is 0 Å². The lowest BCUT2D eigenvalue weighted by molar-refractivity contribution is -0.137. The number of aliphatic hydroxyl groups excluding tert-OH is 1. The van der Waals surface area contributed by atoms with Crippen molar-refractivity contribution in [2.45, 2.75) is 25.8 Å². The first kappa shape index (κ1) is 11.8. The van der Waals surface area contributed by atoms with Crippen molar-refractivity contribution in [2.75, 3.05) is 0 Å². The zero-order valence-corrected chi connectivity index (χ0v) is 8.08. The minimum atomic E-state index is -4.39. The first-order chi connectivity index (χ1) is 6.93. The number of alkyl halides is 3. The molecule has 0 aliphatic heterocycles. The molecular formula is C10H11F3O2. The third-order valence-corrected chi connectivity index (χ3v) is 1.78. The van der Waals surface area contributed by atoms with Crippen molar-refractivity contribution in [2.24, 2.45) is 0 Å². The Morgan fingerprint density at radius 1 is 1.40 bits per heavy atom. The van der Waals surface area contributed by atoms with Crippen LogP contribution in [0.1, 0.15) is 18.9 Å². The summed E-state index contributed by atoms with van der Waals surface area (Å²) in [7, 11) is 0. The van der Waals surface area contributed by atoms with Crippen molar-refractivity contribution in [3.63, 3.8) is 0 Å². The van der Waals surface area contributed by atoms with E-state index in [1.54, 1.807) is 6.92 Å². The van der Waals surface area contributed by atoms with Gasteiger partial charge in [0.2, 0.25) is 0 Å². The van der Waals surface area contributed by atoms with Gasteiger partial charge in [-0.1, -0.05) is 13.0 Å². The van der Waals surface area contributed by atoms with E-state index in [0.29, 0.717) is 6.42 Å². The lowest BCUT2D eigenvalue weighted by Gasteiger charge is -2.13. The first-order valence-corrected chi connectivity index (χ1v) is 4.45. The van der Waals surface area contributed by atoms with E-state index in [9.17, 15) is 13.2 Å². The molecule has 0 bridgehead atoms. The monoisotopic (exact) mass is 220 g/mol. The van der Waals surface area contributed by atoms with Crippen LogP contribution in [-0.2, 0) is 6.18 Å². The fraction of sp³-hybridized carbons (Fsp3) is 0.400. The van der Waals surface area contributed by atoms with Gasteiger partial charge in [-0.05, 0) is 18.2 Å². The van der Waals surface area contributed by atoms with E-state index in [1.165, 1.54) is 12.1 Å². The SMILES string of the molecule is CC[C@@H](O)Oc1cccc(C(F)(F)F)c1. The molecule has 0 aliphatic carbocycles. The quantitative estimate of drug-likeness (QED) is 0.793. The smallest absolute Gasteiger partial charge is 0.416 e. The Kier molecular flexibility index (Phi) is 3.57. The van der Waals surface area contributed by atoms with Crippen LogP contribution in [0.25, 0.3) is 0 Å². The van der Waals surface area contributed by atoms with E-state index in [4.69, 9.17) is 9.84 Å². The minimum absolute atomic E-state index is 0.0131. The molecule has 0 saturated carbocycles. The van der Waals surface area contributed by atoms with Crippen molar-refractivity contribution in [3.8, 4) is 5.75 Å². The summed E-state index contributed by atoms with van der Waals surface area (Å²) < 4.78 is 41.7. The molecule has 0 unspecified atom stereocenters. The van der Waals surface area contributed by atoms with Gasteiger partial charge in [0.15, 0.2) is 6.29 Å². The molecule has 0 fully saturated rings. The molecule has 0 radical (unpaired) electrons. The van der Waals surface area contributed by atoms with Crippen LogP contribution in [0.15, 0.2) is 24.3 Å². The largest absolute Gasteiger partial charge is 0.465 e. The van der Waals surface area contributed by atoms with Gasteiger partial charge in [0, 0.05) is 6.42 Å². The molecule has 15 heavy (non-hydrogen) atoms. The summed E-state index contributed by atoms with van der Waals surface area (Å²) >= 11 is 0. The van der Waals surface area contributed by atoms with Gasteiger partial charge < -0.3 is 9.84 Å². The highest BCUT2D eigenvalue weighted by Crippen LogP contribution is 2.31. The molecule has 2 nitrogen and oxygen atoms in total. The molecule has 5 heteroatoms. The van der Waals surface area contributed by atoms with Gasteiger partial charge in [-0.2, -0.15) is 13.2 Å². The molecule has 1 atom stereocenters. The van der Waals surface area contributed by atoms with Crippen molar-refractivity contribution in [1.82, 2.24) is 0 Å². The van der Waals surface area contributed by atoms with Crippen LogP contribution in [0.4, 0.5) is 13.2 Å². The normalized spacial score (nSPS) is 13.7. The molecule has 0 aromatic heterocycles. The third kappa shape index (κ3) is 3.43. The molecule has 1 aromatic carbocycles. The molecule has 1 rings (SSSR count).